The topological polar surface area (TPSA) is 254 Å². The molecule has 3 aliphatic heterocycles. The third kappa shape index (κ3) is 5.32. The molecule has 33 heavy (non-hydrogen) atoms. The molecule has 0 spiro atoms. The first kappa shape index (κ1) is 27.0. The van der Waals surface area contributed by atoms with Crippen LogP contribution in [0.5, 0.6) is 0 Å². The maximum atomic E-state index is 10.7. The van der Waals surface area contributed by atoms with Crippen LogP contribution >= 0.6 is 0 Å². The molecule has 0 aliphatic carbocycles. The molecule has 15 nitrogen and oxygen atoms in total. The molecule has 11 N–H and O–H groups in total. The first-order chi connectivity index (χ1) is 15.5. The molecule has 3 fully saturated rings. The average Bonchev–Trinajstić information content (AvgIpc) is 2.79. The van der Waals surface area contributed by atoms with Crippen molar-refractivity contribution in [3.05, 3.63) is 0 Å². The maximum Gasteiger partial charge on any atom is 0.187 e. The van der Waals surface area contributed by atoms with Crippen molar-refractivity contribution in [2.24, 2.45) is 5.73 Å². The molecule has 0 saturated carbocycles. The van der Waals surface area contributed by atoms with Crippen molar-refractivity contribution in [1.29, 1.82) is 0 Å². The first-order valence-electron chi connectivity index (χ1n) is 10.5. The van der Waals surface area contributed by atoms with E-state index in [-0.39, 0.29) is 6.54 Å². The van der Waals surface area contributed by atoms with Gasteiger partial charge in [-0.05, 0) is 6.92 Å². The Morgan fingerprint density at radius 3 is 1.76 bits per heavy atom. The van der Waals surface area contributed by atoms with Crippen LogP contribution in [0.4, 0.5) is 0 Å². The van der Waals surface area contributed by atoms with Crippen molar-refractivity contribution in [2.75, 3.05) is 13.2 Å². The van der Waals surface area contributed by atoms with Crippen molar-refractivity contribution in [1.82, 2.24) is 0 Å². The highest BCUT2D eigenvalue weighted by molar-refractivity contribution is 4.96. The number of rotatable bonds is 6. The normalized spacial score (nSPS) is 53.7. The van der Waals surface area contributed by atoms with E-state index in [1.165, 1.54) is 6.92 Å². The van der Waals surface area contributed by atoms with Gasteiger partial charge in [0, 0.05) is 6.54 Å². The van der Waals surface area contributed by atoms with Gasteiger partial charge in [-0.1, -0.05) is 0 Å². The lowest BCUT2D eigenvalue weighted by Crippen LogP contribution is -2.67. The fraction of sp³-hybridized carbons (Fsp3) is 1.00. The van der Waals surface area contributed by atoms with Crippen molar-refractivity contribution in [2.45, 2.75) is 99.0 Å². The number of hydrogen-bond acceptors (Lipinski definition) is 15. The van der Waals surface area contributed by atoms with E-state index in [0.717, 1.165) is 0 Å². The Kier molecular flexibility index (Phi) is 8.99. The Morgan fingerprint density at radius 1 is 0.636 bits per heavy atom. The van der Waals surface area contributed by atoms with E-state index >= 15 is 0 Å². The van der Waals surface area contributed by atoms with Crippen LogP contribution < -0.4 is 5.73 Å². The molecule has 0 aromatic rings. The summed E-state index contributed by atoms with van der Waals surface area (Å²) in [6.45, 7) is 0.421. The second-order valence-corrected chi connectivity index (χ2v) is 8.37. The fourth-order valence-electron chi connectivity index (χ4n) is 4.02. The lowest BCUT2D eigenvalue weighted by molar-refractivity contribution is -0.384. The molecule has 0 aromatic carbocycles. The average molecular weight is 487 g/mol. The summed E-state index contributed by atoms with van der Waals surface area (Å²) in [7, 11) is 0. The Balaban J connectivity index is 1.82. The van der Waals surface area contributed by atoms with Crippen molar-refractivity contribution < 1.29 is 69.6 Å². The Bertz CT molecular complexity index is 629. The van der Waals surface area contributed by atoms with Gasteiger partial charge in [0.2, 0.25) is 0 Å². The Morgan fingerprint density at radius 2 is 1.18 bits per heavy atom. The zero-order chi connectivity index (χ0) is 24.6. The van der Waals surface area contributed by atoms with E-state index in [0.29, 0.717) is 0 Å². The van der Waals surface area contributed by atoms with Crippen molar-refractivity contribution in [3.63, 3.8) is 0 Å². The van der Waals surface area contributed by atoms with Gasteiger partial charge in [-0.15, -0.1) is 0 Å². The van der Waals surface area contributed by atoms with Gasteiger partial charge in [0.15, 0.2) is 18.9 Å². The summed E-state index contributed by atoms with van der Waals surface area (Å²) in [6.07, 6.45) is -23.3. The molecule has 1 unspecified atom stereocenters. The minimum atomic E-state index is -1.82. The predicted molar refractivity (Wildman–Crippen MR) is 102 cm³/mol. The van der Waals surface area contributed by atoms with E-state index in [1.807, 2.05) is 0 Å². The highest BCUT2D eigenvalue weighted by Gasteiger charge is 2.53. The van der Waals surface area contributed by atoms with Crippen LogP contribution in [0.25, 0.3) is 0 Å². The van der Waals surface area contributed by atoms with Gasteiger partial charge in [0.25, 0.3) is 0 Å². The smallest absolute Gasteiger partial charge is 0.187 e. The zero-order valence-corrected chi connectivity index (χ0v) is 17.7. The van der Waals surface area contributed by atoms with Crippen LogP contribution in [0.2, 0.25) is 0 Å². The predicted octanol–water partition coefficient (Wildman–Crippen LogP) is -6.58. The van der Waals surface area contributed by atoms with Crippen LogP contribution in [-0.2, 0) is 23.7 Å². The first-order valence-corrected chi connectivity index (χ1v) is 10.5. The minimum absolute atomic E-state index is 0.260. The van der Waals surface area contributed by atoms with E-state index in [4.69, 9.17) is 29.4 Å². The van der Waals surface area contributed by atoms with Crippen molar-refractivity contribution in [3.8, 4) is 0 Å². The number of nitrogens with two attached hydrogens (primary N) is 1. The second-order valence-electron chi connectivity index (χ2n) is 8.37. The van der Waals surface area contributed by atoms with Gasteiger partial charge in [-0.25, -0.2) is 0 Å². The third-order valence-corrected chi connectivity index (χ3v) is 6.11. The quantitative estimate of drug-likeness (QED) is 0.167. The third-order valence-electron chi connectivity index (χ3n) is 6.11. The zero-order valence-electron chi connectivity index (χ0n) is 17.7. The van der Waals surface area contributed by atoms with Gasteiger partial charge < -0.3 is 75.4 Å². The largest absolute Gasteiger partial charge is 0.394 e. The van der Waals surface area contributed by atoms with Gasteiger partial charge in [-0.3, -0.25) is 0 Å². The molecule has 15 atom stereocenters. The van der Waals surface area contributed by atoms with Crippen molar-refractivity contribution >= 4 is 0 Å². The fourth-order valence-corrected chi connectivity index (χ4v) is 4.02. The van der Waals surface area contributed by atoms with Crippen LogP contribution in [0, 0.1) is 0 Å². The molecule has 194 valence electrons. The van der Waals surface area contributed by atoms with Crippen LogP contribution in [0.15, 0.2) is 0 Å². The number of aliphatic hydroxyl groups excluding tert-OH is 9. The number of ether oxygens (including phenoxy) is 5. The molecule has 3 rings (SSSR count). The summed E-state index contributed by atoms with van der Waals surface area (Å²) < 4.78 is 27.0. The number of hydrogen-bond donors (Lipinski definition) is 10. The lowest BCUT2D eigenvalue weighted by atomic mass is 9.96. The highest BCUT2D eigenvalue weighted by atomic mass is 16.8. The standard InChI is InChI=1S/C18H33NO14/c1-4-7(21)10(24)12(26)17(29-4)33-15-14(9(23)5(2-19)30-16(15)28)32-18-13(27)11(25)8(22)6(3-20)31-18/h4-18,20-28H,2-3,19H2,1H3/t4-,5+,6+,7+,8-,9-,10+,11-,12-,13+,14-,15+,16?,17-,18+/m0/s1. The van der Waals surface area contributed by atoms with Crippen LogP contribution in [0.3, 0.4) is 0 Å². The highest BCUT2D eigenvalue weighted by Crippen LogP contribution is 2.32. The van der Waals surface area contributed by atoms with Gasteiger partial charge in [-0.2, -0.15) is 0 Å². The van der Waals surface area contributed by atoms with Crippen LogP contribution in [-0.4, -0.2) is 151 Å². The summed E-state index contributed by atoms with van der Waals surface area (Å²) in [5.41, 5.74) is 5.56. The molecule has 0 amide bonds. The summed E-state index contributed by atoms with van der Waals surface area (Å²) in [6, 6.07) is 0. The molecule has 3 saturated heterocycles. The minimum Gasteiger partial charge on any atom is -0.394 e. The molecular weight excluding hydrogens is 454 g/mol. The van der Waals surface area contributed by atoms with E-state index in [1.54, 1.807) is 0 Å². The van der Waals surface area contributed by atoms with Crippen LogP contribution in [0.1, 0.15) is 6.92 Å². The SMILES string of the molecule is C[C@@H]1O[C@@H](O[C@H]2C(O)O[C@H](CN)[C@H](O)[C@@H]2O[C@H]2O[C@H](CO)[C@H](O)[C@H](O)[C@H]2O)[C@@H](O)[C@H](O)[C@@H]1O. The second kappa shape index (κ2) is 11.0. The lowest BCUT2D eigenvalue weighted by Gasteiger charge is -2.48. The van der Waals surface area contributed by atoms with Gasteiger partial charge in [0.1, 0.15) is 67.1 Å². The molecule has 0 bridgehead atoms. The molecule has 3 heterocycles. The van der Waals surface area contributed by atoms with E-state index in [9.17, 15) is 46.0 Å². The summed E-state index contributed by atoms with van der Waals surface area (Å²) in [5, 5.41) is 90.8. The Hall–Kier alpha value is -0.600. The Labute approximate surface area is 188 Å². The van der Waals surface area contributed by atoms with E-state index < -0.39 is 98.7 Å². The number of aliphatic hydroxyl groups is 9. The van der Waals surface area contributed by atoms with E-state index in [2.05, 4.69) is 0 Å². The molecular formula is C18H33NO14. The molecule has 0 aromatic heterocycles. The molecule has 0 radical (unpaired) electrons. The monoisotopic (exact) mass is 487 g/mol. The van der Waals surface area contributed by atoms with Gasteiger partial charge in [0.05, 0.1) is 12.7 Å². The maximum absolute atomic E-state index is 10.7. The molecule has 3 aliphatic rings. The molecule has 15 heteroatoms. The summed E-state index contributed by atoms with van der Waals surface area (Å²) in [4.78, 5) is 0. The summed E-state index contributed by atoms with van der Waals surface area (Å²) in [5.74, 6) is 0. The van der Waals surface area contributed by atoms with Gasteiger partial charge >= 0.3 is 0 Å². The summed E-state index contributed by atoms with van der Waals surface area (Å²) >= 11 is 0.